The molecule has 32 heavy (non-hydrogen) atoms. The molecule has 7 heteroatoms. The normalized spacial score (nSPS) is 12.2. The molecule has 1 N–H and O–H groups in total. The summed E-state index contributed by atoms with van der Waals surface area (Å²) in [6.07, 6.45) is -0.278. The Kier molecular flexibility index (Phi) is 7.96. The van der Waals surface area contributed by atoms with Gasteiger partial charge in [0, 0.05) is 11.7 Å². The van der Waals surface area contributed by atoms with Gasteiger partial charge in [0.2, 0.25) is 5.91 Å². The third kappa shape index (κ3) is 5.91. The molecule has 170 valence electrons. The number of nitrogens with one attached hydrogen (secondary N) is 1. The van der Waals surface area contributed by atoms with Crippen molar-refractivity contribution in [3.63, 3.8) is 0 Å². The molecule has 0 bridgehead atoms. The van der Waals surface area contributed by atoms with E-state index < -0.39 is 0 Å². The number of carbonyl (C=O) groups is 1. The van der Waals surface area contributed by atoms with Crippen molar-refractivity contribution in [3.8, 4) is 5.75 Å². The molecule has 1 amide bonds. The quantitative estimate of drug-likeness (QED) is 0.394. The summed E-state index contributed by atoms with van der Waals surface area (Å²) in [4.78, 5) is 12.4. The number of nitrogens with zero attached hydrogens (tertiary/aromatic N) is 3. The molecule has 2 aromatic carbocycles. The number of ether oxygens (including phenoxy) is 1. The third-order valence-electron chi connectivity index (χ3n) is 5.05. The van der Waals surface area contributed by atoms with Gasteiger partial charge in [0.25, 0.3) is 0 Å². The first-order valence-electron chi connectivity index (χ1n) is 11.0. The van der Waals surface area contributed by atoms with Crippen LogP contribution >= 0.6 is 11.8 Å². The molecular weight excluding hydrogens is 420 g/mol. The van der Waals surface area contributed by atoms with Crippen LogP contribution in [0.1, 0.15) is 69.6 Å². The van der Waals surface area contributed by atoms with Crippen LogP contribution in [0.5, 0.6) is 5.75 Å². The van der Waals surface area contributed by atoms with Crippen molar-refractivity contribution in [2.75, 3.05) is 11.1 Å². The number of anilines is 1. The molecule has 0 spiro atoms. The molecular formula is C25H32N4O2S. The van der Waals surface area contributed by atoms with Gasteiger partial charge in [-0.3, -0.25) is 4.79 Å². The Morgan fingerprint density at radius 1 is 1.06 bits per heavy atom. The predicted octanol–water partition coefficient (Wildman–Crippen LogP) is 6.16. The van der Waals surface area contributed by atoms with E-state index in [4.69, 9.17) is 4.74 Å². The number of aryl methyl sites for hydroxylation is 1. The van der Waals surface area contributed by atoms with E-state index in [-0.39, 0.29) is 23.8 Å². The monoisotopic (exact) mass is 452 g/mol. The molecule has 1 heterocycles. The van der Waals surface area contributed by atoms with Crippen molar-refractivity contribution in [1.29, 1.82) is 0 Å². The van der Waals surface area contributed by atoms with Crippen molar-refractivity contribution >= 4 is 23.4 Å². The van der Waals surface area contributed by atoms with Gasteiger partial charge in [-0.05, 0) is 62.9 Å². The Morgan fingerprint density at radius 2 is 1.81 bits per heavy atom. The Morgan fingerprint density at radius 3 is 2.50 bits per heavy atom. The van der Waals surface area contributed by atoms with Crippen LogP contribution in [0.3, 0.4) is 0 Å². The molecule has 0 radical (unpaired) electrons. The van der Waals surface area contributed by atoms with E-state index in [1.165, 1.54) is 11.8 Å². The van der Waals surface area contributed by atoms with Crippen LogP contribution in [0.25, 0.3) is 0 Å². The SMILES string of the molecule is Cc1cccc(NC(=O)CSc2nnc(C(C)Oc3ccccc3C(C)C)n2C(C)C)c1. The lowest BCUT2D eigenvalue weighted by Crippen LogP contribution is -2.17. The molecule has 1 unspecified atom stereocenters. The van der Waals surface area contributed by atoms with Gasteiger partial charge in [-0.2, -0.15) is 0 Å². The molecule has 1 aromatic heterocycles. The zero-order valence-corrected chi connectivity index (χ0v) is 20.4. The summed E-state index contributed by atoms with van der Waals surface area (Å²) in [5.41, 5.74) is 3.07. The number of aromatic nitrogens is 3. The summed E-state index contributed by atoms with van der Waals surface area (Å²) in [5, 5.41) is 12.4. The fraction of sp³-hybridized carbons (Fsp3) is 0.400. The van der Waals surface area contributed by atoms with E-state index in [1.54, 1.807) is 0 Å². The second-order valence-corrected chi connectivity index (χ2v) is 9.41. The maximum Gasteiger partial charge on any atom is 0.234 e. The van der Waals surface area contributed by atoms with Crippen molar-refractivity contribution in [2.45, 2.75) is 64.8 Å². The van der Waals surface area contributed by atoms with Gasteiger partial charge in [0.15, 0.2) is 17.1 Å². The first-order valence-corrected chi connectivity index (χ1v) is 11.9. The van der Waals surface area contributed by atoms with Crippen LogP contribution in [-0.2, 0) is 4.79 Å². The summed E-state index contributed by atoms with van der Waals surface area (Å²) >= 11 is 1.38. The lowest BCUT2D eigenvalue weighted by atomic mass is 10.0. The fourth-order valence-corrected chi connectivity index (χ4v) is 4.38. The van der Waals surface area contributed by atoms with Crippen molar-refractivity contribution in [2.24, 2.45) is 0 Å². The fourth-order valence-electron chi connectivity index (χ4n) is 3.51. The van der Waals surface area contributed by atoms with Gasteiger partial charge in [-0.25, -0.2) is 0 Å². The van der Waals surface area contributed by atoms with Crippen LogP contribution in [-0.4, -0.2) is 26.4 Å². The highest BCUT2D eigenvalue weighted by molar-refractivity contribution is 7.99. The number of rotatable bonds is 9. The van der Waals surface area contributed by atoms with E-state index in [0.717, 1.165) is 28.4 Å². The van der Waals surface area contributed by atoms with Gasteiger partial charge in [0.1, 0.15) is 5.75 Å². The van der Waals surface area contributed by atoms with Gasteiger partial charge < -0.3 is 14.6 Å². The molecule has 1 atom stereocenters. The van der Waals surface area contributed by atoms with Gasteiger partial charge in [-0.15, -0.1) is 10.2 Å². The first-order chi connectivity index (χ1) is 15.3. The highest BCUT2D eigenvalue weighted by Gasteiger charge is 2.23. The van der Waals surface area contributed by atoms with Gasteiger partial charge >= 0.3 is 0 Å². The van der Waals surface area contributed by atoms with Crippen LogP contribution in [0, 0.1) is 6.92 Å². The number of hydrogen-bond acceptors (Lipinski definition) is 5. The van der Waals surface area contributed by atoms with E-state index in [0.29, 0.717) is 11.1 Å². The molecule has 0 aliphatic heterocycles. The van der Waals surface area contributed by atoms with E-state index in [2.05, 4.69) is 49.3 Å². The average molecular weight is 453 g/mol. The minimum absolute atomic E-state index is 0.0735. The lowest BCUT2D eigenvalue weighted by molar-refractivity contribution is -0.113. The molecule has 0 fully saturated rings. The minimum atomic E-state index is -0.278. The maximum absolute atomic E-state index is 12.4. The Hall–Kier alpha value is -2.80. The van der Waals surface area contributed by atoms with Crippen LogP contribution in [0.15, 0.2) is 53.7 Å². The first kappa shape index (κ1) is 23.9. The number of thioether (sulfide) groups is 1. The maximum atomic E-state index is 12.4. The van der Waals surface area contributed by atoms with Crippen molar-refractivity contribution in [3.05, 3.63) is 65.5 Å². The Bertz CT molecular complexity index is 1060. The second kappa shape index (κ2) is 10.7. The summed E-state index contributed by atoms with van der Waals surface area (Å²) < 4.78 is 8.35. The standard InChI is InChI=1S/C25H32N4O2S/c1-16(2)21-12-7-8-13-22(21)31-19(6)24-27-28-25(29(24)17(3)4)32-15-23(30)26-20-11-9-10-18(5)14-20/h7-14,16-17,19H,15H2,1-6H3,(H,26,30). The number of amides is 1. The van der Waals surface area contributed by atoms with Crippen LogP contribution < -0.4 is 10.1 Å². The molecule has 0 aliphatic carbocycles. The second-order valence-electron chi connectivity index (χ2n) is 8.46. The smallest absolute Gasteiger partial charge is 0.234 e. The average Bonchev–Trinajstić information content (AvgIpc) is 3.17. The largest absolute Gasteiger partial charge is 0.482 e. The van der Waals surface area contributed by atoms with Crippen molar-refractivity contribution < 1.29 is 9.53 Å². The van der Waals surface area contributed by atoms with Crippen molar-refractivity contribution in [1.82, 2.24) is 14.8 Å². The molecule has 3 rings (SSSR count). The van der Waals surface area contributed by atoms with Crippen LogP contribution in [0.2, 0.25) is 0 Å². The summed E-state index contributed by atoms with van der Waals surface area (Å²) in [5.74, 6) is 2.15. The number of para-hydroxylation sites is 1. The summed E-state index contributed by atoms with van der Waals surface area (Å²) in [7, 11) is 0. The minimum Gasteiger partial charge on any atom is -0.482 e. The van der Waals surface area contributed by atoms with Crippen LogP contribution in [0.4, 0.5) is 5.69 Å². The Labute approximate surface area is 194 Å². The molecule has 0 aliphatic rings. The topological polar surface area (TPSA) is 69.0 Å². The molecule has 3 aromatic rings. The molecule has 0 saturated carbocycles. The molecule has 0 saturated heterocycles. The zero-order valence-electron chi connectivity index (χ0n) is 19.6. The number of benzene rings is 2. The van der Waals surface area contributed by atoms with E-state index in [1.807, 2.05) is 60.9 Å². The van der Waals surface area contributed by atoms with E-state index >= 15 is 0 Å². The predicted molar refractivity (Wildman–Crippen MR) is 131 cm³/mol. The summed E-state index contributed by atoms with van der Waals surface area (Å²) in [6, 6.07) is 16.0. The third-order valence-corrected chi connectivity index (χ3v) is 5.99. The zero-order chi connectivity index (χ0) is 23.3. The van der Waals surface area contributed by atoms with E-state index in [9.17, 15) is 4.79 Å². The van der Waals surface area contributed by atoms with Gasteiger partial charge in [0.05, 0.1) is 5.75 Å². The highest BCUT2D eigenvalue weighted by atomic mass is 32.2. The Balaban J connectivity index is 1.72. The summed E-state index contributed by atoms with van der Waals surface area (Å²) in [6.45, 7) is 12.5. The molecule has 6 nitrogen and oxygen atoms in total. The lowest BCUT2D eigenvalue weighted by Gasteiger charge is -2.21. The number of carbonyl (C=O) groups excluding carboxylic acids is 1. The highest BCUT2D eigenvalue weighted by Crippen LogP contribution is 2.31. The van der Waals surface area contributed by atoms with Gasteiger partial charge in [-0.1, -0.05) is 55.9 Å². The number of hydrogen-bond donors (Lipinski definition) is 1.